The van der Waals surface area contributed by atoms with Gasteiger partial charge >= 0.3 is 0 Å². The fraction of sp³-hybridized carbons (Fsp3) is 0.222. The molecule has 0 aliphatic carbocycles. The smallest absolute Gasteiger partial charge is 0.225 e. The van der Waals surface area contributed by atoms with Crippen molar-refractivity contribution in [2.75, 3.05) is 12.4 Å². The Bertz CT molecular complexity index is 652. The van der Waals surface area contributed by atoms with E-state index >= 15 is 0 Å². The van der Waals surface area contributed by atoms with Crippen LogP contribution < -0.4 is 15.2 Å². The summed E-state index contributed by atoms with van der Waals surface area (Å²) < 4.78 is 5.04. The summed E-state index contributed by atoms with van der Waals surface area (Å²) in [4.78, 5) is 23.3. The number of carboxylic acid groups (broad SMARTS) is 1. The maximum atomic E-state index is 12.0. The molecule has 5 nitrogen and oxygen atoms in total. The normalized spacial score (nSPS) is 11.5. The first-order chi connectivity index (χ1) is 11.1. The molecule has 0 saturated heterocycles. The Balaban J connectivity index is 1.96. The molecule has 0 fully saturated rings. The number of hydrogen-bond donors (Lipinski definition) is 1. The summed E-state index contributed by atoms with van der Waals surface area (Å²) in [5.41, 5.74) is 1.45. The van der Waals surface area contributed by atoms with Crippen molar-refractivity contribution in [3.05, 3.63) is 60.2 Å². The second-order valence-electron chi connectivity index (χ2n) is 5.19. The highest BCUT2D eigenvalue weighted by molar-refractivity contribution is 5.93. The highest BCUT2D eigenvalue weighted by Gasteiger charge is 2.16. The van der Waals surface area contributed by atoms with Crippen LogP contribution in [0, 0.1) is 5.92 Å². The molecule has 1 atom stereocenters. The van der Waals surface area contributed by atoms with Crippen LogP contribution in [0.2, 0.25) is 0 Å². The van der Waals surface area contributed by atoms with Gasteiger partial charge in [-0.2, -0.15) is 0 Å². The molecule has 2 rings (SSSR count). The summed E-state index contributed by atoms with van der Waals surface area (Å²) in [6, 6.07) is 16.0. The average molecular weight is 312 g/mol. The number of rotatable bonds is 7. The fourth-order valence-electron chi connectivity index (χ4n) is 2.25. The highest BCUT2D eigenvalue weighted by Crippen LogP contribution is 2.17. The maximum Gasteiger partial charge on any atom is 0.225 e. The quantitative estimate of drug-likeness (QED) is 0.843. The van der Waals surface area contributed by atoms with E-state index in [0.717, 1.165) is 5.56 Å². The summed E-state index contributed by atoms with van der Waals surface area (Å²) in [5, 5.41) is 13.9. The number of amides is 1. The Labute approximate surface area is 134 Å². The molecule has 0 radical (unpaired) electrons. The number of carbonyl (C=O) groups is 2. The van der Waals surface area contributed by atoms with Crippen molar-refractivity contribution in [1.29, 1.82) is 0 Å². The van der Waals surface area contributed by atoms with Gasteiger partial charge in [0.1, 0.15) is 5.75 Å². The lowest BCUT2D eigenvalue weighted by atomic mass is 9.96. The lowest BCUT2D eigenvalue weighted by Crippen LogP contribution is -2.35. The van der Waals surface area contributed by atoms with Crippen LogP contribution in [0.4, 0.5) is 5.69 Å². The molecule has 23 heavy (non-hydrogen) atoms. The number of nitrogens with one attached hydrogen (secondary N) is 1. The van der Waals surface area contributed by atoms with Crippen molar-refractivity contribution in [2.45, 2.75) is 12.8 Å². The number of anilines is 1. The molecular formula is C18H18NO4-. The summed E-state index contributed by atoms with van der Waals surface area (Å²) in [6.07, 6.45) is 0.127. The van der Waals surface area contributed by atoms with Crippen LogP contribution in [0.25, 0.3) is 0 Å². The van der Waals surface area contributed by atoms with Crippen LogP contribution in [0.1, 0.15) is 12.0 Å². The number of carboxylic acids is 1. The third kappa shape index (κ3) is 5.14. The Morgan fingerprint density at radius 1 is 1.09 bits per heavy atom. The van der Waals surface area contributed by atoms with Crippen molar-refractivity contribution in [3.63, 3.8) is 0 Å². The first kappa shape index (κ1) is 16.5. The highest BCUT2D eigenvalue weighted by atomic mass is 16.5. The third-order valence-electron chi connectivity index (χ3n) is 3.46. The van der Waals surface area contributed by atoms with Gasteiger partial charge < -0.3 is 20.0 Å². The van der Waals surface area contributed by atoms with Crippen LogP contribution in [0.3, 0.4) is 0 Å². The van der Waals surface area contributed by atoms with E-state index < -0.39 is 11.9 Å². The minimum atomic E-state index is -1.22. The second kappa shape index (κ2) is 7.98. The summed E-state index contributed by atoms with van der Waals surface area (Å²) in [7, 11) is 1.56. The number of aliphatic carboxylic acids is 1. The zero-order valence-electron chi connectivity index (χ0n) is 12.8. The lowest BCUT2D eigenvalue weighted by molar-refractivity contribution is -0.311. The van der Waals surface area contributed by atoms with E-state index in [1.165, 1.54) is 0 Å². The van der Waals surface area contributed by atoms with Crippen molar-refractivity contribution < 1.29 is 19.4 Å². The number of benzene rings is 2. The van der Waals surface area contributed by atoms with Gasteiger partial charge in [-0.25, -0.2) is 0 Å². The second-order valence-corrected chi connectivity index (χ2v) is 5.19. The molecule has 0 aliphatic heterocycles. The van der Waals surface area contributed by atoms with Gasteiger partial charge in [-0.3, -0.25) is 4.79 Å². The van der Waals surface area contributed by atoms with E-state index in [0.29, 0.717) is 11.4 Å². The van der Waals surface area contributed by atoms with Crippen LogP contribution >= 0.6 is 0 Å². The van der Waals surface area contributed by atoms with Gasteiger partial charge in [0.2, 0.25) is 5.91 Å². The molecule has 5 heteroatoms. The lowest BCUT2D eigenvalue weighted by Gasteiger charge is -2.18. The van der Waals surface area contributed by atoms with Gasteiger partial charge in [-0.15, -0.1) is 0 Å². The van der Waals surface area contributed by atoms with Crippen molar-refractivity contribution in [1.82, 2.24) is 0 Å². The molecule has 0 aromatic heterocycles. The van der Waals surface area contributed by atoms with Crippen molar-refractivity contribution in [3.8, 4) is 5.75 Å². The summed E-state index contributed by atoms with van der Waals surface area (Å²) in [6.45, 7) is 0. The largest absolute Gasteiger partial charge is 0.550 e. The van der Waals surface area contributed by atoms with Crippen LogP contribution in [0.15, 0.2) is 54.6 Å². The predicted octanol–water partition coefficient (Wildman–Crippen LogP) is 1.63. The van der Waals surface area contributed by atoms with E-state index in [1.807, 2.05) is 30.3 Å². The molecule has 0 aliphatic rings. The molecule has 0 spiro atoms. The maximum absolute atomic E-state index is 12.0. The zero-order chi connectivity index (χ0) is 16.7. The van der Waals surface area contributed by atoms with Crippen LogP contribution in [0.5, 0.6) is 5.75 Å². The Kier molecular flexibility index (Phi) is 5.74. The molecule has 0 unspecified atom stereocenters. The minimum Gasteiger partial charge on any atom is -0.550 e. The molecule has 0 heterocycles. The molecule has 2 aromatic carbocycles. The predicted molar refractivity (Wildman–Crippen MR) is 84.9 cm³/mol. The Morgan fingerprint density at radius 3 is 2.30 bits per heavy atom. The molecule has 0 saturated carbocycles. The first-order valence-electron chi connectivity index (χ1n) is 7.27. The fourth-order valence-corrected chi connectivity index (χ4v) is 2.25. The molecular weight excluding hydrogens is 294 g/mol. The molecule has 0 bridgehead atoms. The monoisotopic (exact) mass is 312 g/mol. The first-order valence-corrected chi connectivity index (χ1v) is 7.27. The number of hydrogen-bond acceptors (Lipinski definition) is 4. The molecule has 1 N–H and O–H groups in total. The molecule has 2 aromatic rings. The molecule has 1 amide bonds. The van der Waals surface area contributed by atoms with Gasteiger partial charge in [0.15, 0.2) is 0 Å². The average Bonchev–Trinajstić information content (AvgIpc) is 2.56. The SMILES string of the molecule is COc1ccc(NC(=O)C[C@@H](Cc2ccccc2)C(=O)[O-])cc1. The van der Waals surface area contributed by atoms with Gasteiger partial charge in [0.05, 0.1) is 7.11 Å². The number of carbonyl (C=O) groups excluding carboxylic acids is 2. The molecule has 120 valence electrons. The van der Waals surface area contributed by atoms with E-state index in [9.17, 15) is 14.7 Å². The zero-order valence-corrected chi connectivity index (χ0v) is 12.8. The Morgan fingerprint density at radius 2 is 1.74 bits per heavy atom. The van der Waals surface area contributed by atoms with E-state index in [-0.39, 0.29) is 18.7 Å². The summed E-state index contributed by atoms with van der Waals surface area (Å²) >= 11 is 0. The standard InChI is InChI=1S/C18H19NO4/c1-23-16-9-7-15(8-10-16)19-17(20)12-14(18(21)22)11-13-5-3-2-4-6-13/h2-10,14H,11-12H2,1H3,(H,19,20)(H,21,22)/p-1/t14-/m1/s1. The van der Waals surface area contributed by atoms with Gasteiger partial charge in [0.25, 0.3) is 0 Å². The summed E-state index contributed by atoms with van der Waals surface area (Å²) in [5.74, 6) is -1.77. The van der Waals surface area contributed by atoms with Crippen molar-refractivity contribution in [2.24, 2.45) is 5.92 Å². The van der Waals surface area contributed by atoms with Gasteiger partial charge in [0, 0.05) is 24.0 Å². The van der Waals surface area contributed by atoms with Gasteiger partial charge in [-0.1, -0.05) is 30.3 Å². The van der Waals surface area contributed by atoms with Crippen molar-refractivity contribution >= 4 is 17.6 Å². The van der Waals surface area contributed by atoms with E-state index in [1.54, 1.807) is 31.4 Å². The van der Waals surface area contributed by atoms with E-state index in [2.05, 4.69) is 5.32 Å². The third-order valence-corrected chi connectivity index (χ3v) is 3.46. The van der Waals surface area contributed by atoms with E-state index in [4.69, 9.17) is 4.74 Å². The topological polar surface area (TPSA) is 78.5 Å². The van der Waals surface area contributed by atoms with Gasteiger partial charge in [-0.05, 0) is 36.2 Å². The Hall–Kier alpha value is -2.82. The van der Waals surface area contributed by atoms with Crippen LogP contribution in [-0.4, -0.2) is 19.0 Å². The number of ether oxygens (including phenoxy) is 1. The van der Waals surface area contributed by atoms with Crippen LogP contribution in [-0.2, 0) is 16.0 Å². The number of methoxy groups -OCH3 is 1. The minimum absolute atomic E-state index is 0.136.